The van der Waals surface area contributed by atoms with Crippen LogP contribution >= 0.6 is 11.6 Å². The van der Waals surface area contributed by atoms with Gasteiger partial charge in [-0.3, -0.25) is 0 Å². The van der Waals surface area contributed by atoms with Gasteiger partial charge in [-0.2, -0.15) is 0 Å². The van der Waals surface area contributed by atoms with Crippen molar-refractivity contribution in [3.05, 3.63) is 65.3 Å². The highest BCUT2D eigenvalue weighted by Gasteiger charge is 2.12. The molecule has 3 aromatic rings. The van der Waals surface area contributed by atoms with Gasteiger partial charge in [0.25, 0.3) is 0 Å². The standard InChI is InChI=1S/C17H17ClN2/c1-12(19)10-13-11-20(16-8-4-2-6-14(13)16)17-9-5-3-7-15(17)18/h2-9,11-12H,10,19H2,1H3. The summed E-state index contributed by atoms with van der Waals surface area (Å²) >= 11 is 6.33. The Balaban J connectivity index is 2.24. The topological polar surface area (TPSA) is 30.9 Å². The van der Waals surface area contributed by atoms with Gasteiger partial charge >= 0.3 is 0 Å². The lowest BCUT2D eigenvalue weighted by atomic mass is 10.1. The molecule has 3 rings (SSSR count). The summed E-state index contributed by atoms with van der Waals surface area (Å²) in [6, 6.07) is 16.4. The highest BCUT2D eigenvalue weighted by Crippen LogP contribution is 2.29. The summed E-state index contributed by atoms with van der Waals surface area (Å²) in [7, 11) is 0. The predicted molar refractivity (Wildman–Crippen MR) is 85.6 cm³/mol. The first-order valence-electron chi connectivity index (χ1n) is 6.76. The van der Waals surface area contributed by atoms with Crippen LogP contribution in [0.5, 0.6) is 0 Å². The van der Waals surface area contributed by atoms with Gasteiger partial charge in [0.15, 0.2) is 0 Å². The lowest BCUT2D eigenvalue weighted by Gasteiger charge is -2.07. The third-order valence-corrected chi connectivity index (χ3v) is 3.77. The number of para-hydroxylation sites is 2. The minimum absolute atomic E-state index is 0.139. The van der Waals surface area contributed by atoms with E-state index in [-0.39, 0.29) is 6.04 Å². The summed E-state index contributed by atoms with van der Waals surface area (Å²) in [5.74, 6) is 0. The molecule has 0 saturated carbocycles. The monoisotopic (exact) mass is 284 g/mol. The molecule has 1 aromatic heterocycles. The zero-order valence-electron chi connectivity index (χ0n) is 11.4. The SMILES string of the molecule is CC(N)Cc1cn(-c2ccccc2Cl)c2ccccc12. The van der Waals surface area contributed by atoms with Crippen molar-refractivity contribution < 1.29 is 0 Å². The normalized spacial score (nSPS) is 12.8. The van der Waals surface area contributed by atoms with Crippen molar-refractivity contribution in [2.45, 2.75) is 19.4 Å². The summed E-state index contributed by atoms with van der Waals surface area (Å²) < 4.78 is 2.15. The van der Waals surface area contributed by atoms with E-state index in [1.54, 1.807) is 0 Å². The zero-order valence-corrected chi connectivity index (χ0v) is 12.1. The van der Waals surface area contributed by atoms with Gasteiger partial charge in [-0.15, -0.1) is 0 Å². The molecule has 0 aliphatic heterocycles. The second-order valence-electron chi connectivity index (χ2n) is 5.17. The van der Waals surface area contributed by atoms with Gasteiger partial charge in [-0.1, -0.05) is 41.9 Å². The van der Waals surface area contributed by atoms with Gasteiger partial charge in [-0.05, 0) is 37.1 Å². The Morgan fingerprint density at radius 1 is 1.10 bits per heavy atom. The molecule has 0 fully saturated rings. The third-order valence-electron chi connectivity index (χ3n) is 3.45. The Kier molecular flexibility index (Phi) is 3.51. The summed E-state index contributed by atoms with van der Waals surface area (Å²) in [6.07, 6.45) is 3.01. The fraction of sp³-hybridized carbons (Fsp3) is 0.176. The smallest absolute Gasteiger partial charge is 0.0646 e. The maximum atomic E-state index is 6.33. The number of benzene rings is 2. The van der Waals surface area contributed by atoms with E-state index < -0.39 is 0 Å². The number of hydrogen-bond donors (Lipinski definition) is 1. The third kappa shape index (κ3) is 2.33. The van der Waals surface area contributed by atoms with Crippen LogP contribution < -0.4 is 5.73 Å². The Labute approximate surface area is 123 Å². The second-order valence-corrected chi connectivity index (χ2v) is 5.58. The van der Waals surface area contributed by atoms with E-state index in [1.807, 2.05) is 37.3 Å². The van der Waals surface area contributed by atoms with Crippen molar-refractivity contribution in [1.82, 2.24) is 4.57 Å². The van der Waals surface area contributed by atoms with Gasteiger partial charge in [0, 0.05) is 17.6 Å². The van der Waals surface area contributed by atoms with Crippen molar-refractivity contribution in [2.24, 2.45) is 5.73 Å². The molecule has 1 heterocycles. The number of nitrogens with zero attached hydrogens (tertiary/aromatic N) is 1. The molecule has 0 amide bonds. The molecule has 0 saturated heterocycles. The van der Waals surface area contributed by atoms with Gasteiger partial charge in [0.1, 0.15) is 0 Å². The van der Waals surface area contributed by atoms with E-state index in [1.165, 1.54) is 10.9 Å². The molecule has 0 spiro atoms. The van der Waals surface area contributed by atoms with E-state index >= 15 is 0 Å². The van der Waals surface area contributed by atoms with Crippen LogP contribution in [0.2, 0.25) is 5.02 Å². The molecule has 0 radical (unpaired) electrons. The summed E-state index contributed by atoms with van der Waals surface area (Å²) in [6.45, 7) is 2.03. The molecule has 3 heteroatoms. The minimum Gasteiger partial charge on any atom is -0.328 e. The molecule has 0 aliphatic rings. The molecule has 0 aliphatic carbocycles. The molecule has 0 bridgehead atoms. The van der Waals surface area contributed by atoms with Crippen molar-refractivity contribution >= 4 is 22.5 Å². The number of rotatable bonds is 3. The number of fused-ring (bicyclic) bond motifs is 1. The molecule has 102 valence electrons. The minimum atomic E-state index is 0.139. The largest absolute Gasteiger partial charge is 0.328 e. The molecular formula is C17H17ClN2. The Bertz CT molecular complexity index is 744. The van der Waals surface area contributed by atoms with Crippen LogP contribution in [0.3, 0.4) is 0 Å². The highest BCUT2D eigenvalue weighted by molar-refractivity contribution is 6.32. The average molecular weight is 285 g/mol. The van der Waals surface area contributed by atoms with Crippen LogP contribution in [0, 0.1) is 0 Å². The molecule has 2 aromatic carbocycles. The molecule has 2 N–H and O–H groups in total. The quantitative estimate of drug-likeness (QED) is 0.769. The first-order valence-corrected chi connectivity index (χ1v) is 7.14. The van der Waals surface area contributed by atoms with Gasteiger partial charge in [0.05, 0.1) is 16.2 Å². The predicted octanol–water partition coefficient (Wildman–Crippen LogP) is 4.17. The first kappa shape index (κ1) is 13.2. The summed E-state index contributed by atoms with van der Waals surface area (Å²) in [5, 5.41) is 1.99. The summed E-state index contributed by atoms with van der Waals surface area (Å²) in [5.41, 5.74) is 9.38. The zero-order chi connectivity index (χ0) is 14.1. The van der Waals surface area contributed by atoms with Crippen molar-refractivity contribution in [3.63, 3.8) is 0 Å². The Hall–Kier alpha value is -1.77. The first-order chi connectivity index (χ1) is 9.66. The average Bonchev–Trinajstić information content (AvgIpc) is 2.78. The number of halogens is 1. The highest BCUT2D eigenvalue weighted by atomic mass is 35.5. The fourth-order valence-electron chi connectivity index (χ4n) is 2.61. The van der Waals surface area contributed by atoms with E-state index in [0.29, 0.717) is 0 Å². The fourth-order valence-corrected chi connectivity index (χ4v) is 2.83. The van der Waals surface area contributed by atoms with Crippen LogP contribution in [-0.4, -0.2) is 10.6 Å². The van der Waals surface area contributed by atoms with Crippen LogP contribution in [0.4, 0.5) is 0 Å². The van der Waals surface area contributed by atoms with E-state index in [9.17, 15) is 0 Å². The van der Waals surface area contributed by atoms with Gasteiger partial charge < -0.3 is 10.3 Å². The van der Waals surface area contributed by atoms with Crippen molar-refractivity contribution in [3.8, 4) is 5.69 Å². The van der Waals surface area contributed by atoms with Crippen LogP contribution in [0.25, 0.3) is 16.6 Å². The second kappa shape index (κ2) is 5.31. The van der Waals surface area contributed by atoms with E-state index in [0.717, 1.165) is 22.6 Å². The Morgan fingerprint density at radius 2 is 1.80 bits per heavy atom. The van der Waals surface area contributed by atoms with Crippen LogP contribution in [-0.2, 0) is 6.42 Å². The number of hydrogen-bond acceptors (Lipinski definition) is 1. The molecule has 1 atom stereocenters. The lowest BCUT2D eigenvalue weighted by Crippen LogP contribution is -2.17. The van der Waals surface area contributed by atoms with E-state index in [4.69, 9.17) is 17.3 Å². The maximum absolute atomic E-state index is 6.33. The van der Waals surface area contributed by atoms with Crippen LogP contribution in [0.1, 0.15) is 12.5 Å². The van der Waals surface area contributed by atoms with E-state index in [2.05, 4.69) is 29.0 Å². The maximum Gasteiger partial charge on any atom is 0.0646 e. The molecule has 2 nitrogen and oxygen atoms in total. The van der Waals surface area contributed by atoms with Gasteiger partial charge in [-0.25, -0.2) is 0 Å². The molecule has 1 unspecified atom stereocenters. The molecule has 20 heavy (non-hydrogen) atoms. The number of nitrogens with two attached hydrogens (primary N) is 1. The van der Waals surface area contributed by atoms with Gasteiger partial charge in [0.2, 0.25) is 0 Å². The van der Waals surface area contributed by atoms with Crippen molar-refractivity contribution in [2.75, 3.05) is 0 Å². The Morgan fingerprint density at radius 3 is 2.55 bits per heavy atom. The lowest BCUT2D eigenvalue weighted by molar-refractivity contribution is 0.740. The van der Waals surface area contributed by atoms with Crippen LogP contribution in [0.15, 0.2) is 54.7 Å². The molecular weight excluding hydrogens is 268 g/mol. The number of aromatic nitrogens is 1. The van der Waals surface area contributed by atoms with Crippen molar-refractivity contribution in [1.29, 1.82) is 0 Å². The summed E-state index contributed by atoms with van der Waals surface area (Å²) in [4.78, 5) is 0.